The third kappa shape index (κ3) is 4.40. The molecule has 0 saturated heterocycles. The van der Waals surface area contributed by atoms with Crippen LogP contribution in [0.4, 0.5) is 20.4 Å². The molecule has 0 N–H and O–H groups in total. The number of hydrogen-bond donors (Lipinski definition) is 0. The van der Waals surface area contributed by atoms with Crippen molar-refractivity contribution in [2.45, 2.75) is 13.8 Å². The van der Waals surface area contributed by atoms with Crippen LogP contribution in [0, 0.1) is 35.6 Å². The van der Waals surface area contributed by atoms with Crippen molar-refractivity contribution < 1.29 is 18.1 Å². The predicted octanol–water partition coefficient (Wildman–Crippen LogP) is 5.73. The third-order valence-corrected chi connectivity index (χ3v) is 5.52. The molecular formula is C22H16F2N4O3S. The Kier molecular flexibility index (Phi) is 5.78. The van der Waals surface area contributed by atoms with Crippen LogP contribution in [-0.4, -0.2) is 15.8 Å². The first kappa shape index (κ1) is 21.3. The van der Waals surface area contributed by atoms with Gasteiger partial charge in [0.1, 0.15) is 16.4 Å². The Morgan fingerprint density at radius 1 is 1.09 bits per heavy atom. The second-order valence-electron chi connectivity index (χ2n) is 6.90. The highest BCUT2D eigenvalue weighted by Crippen LogP contribution is 2.24. The van der Waals surface area contributed by atoms with Crippen LogP contribution < -0.4 is 4.80 Å². The van der Waals surface area contributed by atoms with Crippen molar-refractivity contribution in [3.8, 4) is 11.3 Å². The largest absolute Gasteiger partial charge is 0.433 e. The molecule has 0 aliphatic rings. The van der Waals surface area contributed by atoms with Crippen LogP contribution >= 0.6 is 11.3 Å². The van der Waals surface area contributed by atoms with E-state index in [1.54, 1.807) is 0 Å². The number of nitro groups is 1. The molecule has 0 saturated carbocycles. The van der Waals surface area contributed by atoms with E-state index < -0.39 is 22.4 Å². The lowest BCUT2D eigenvalue weighted by Gasteiger charge is -2.06. The number of hydrogen-bond acceptors (Lipinski definition) is 6. The van der Waals surface area contributed by atoms with Gasteiger partial charge in [-0.25, -0.2) is 18.4 Å². The maximum Gasteiger partial charge on any atom is 0.433 e. The number of benzene rings is 2. The van der Waals surface area contributed by atoms with E-state index in [0.29, 0.717) is 10.5 Å². The van der Waals surface area contributed by atoms with Crippen LogP contribution in [0.3, 0.4) is 0 Å². The lowest BCUT2D eigenvalue weighted by Crippen LogP contribution is -2.11. The summed E-state index contributed by atoms with van der Waals surface area (Å²) in [6.07, 6.45) is 1.31. The first-order chi connectivity index (χ1) is 15.3. The molecule has 7 nitrogen and oxygen atoms in total. The van der Waals surface area contributed by atoms with Gasteiger partial charge in [-0.3, -0.25) is 10.1 Å². The van der Waals surface area contributed by atoms with Crippen molar-refractivity contribution in [2.75, 3.05) is 0 Å². The lowest BCUT2D eigenvalue weighted by atomic mass is 10.1. The fourth-order valence-electron chi connectivity index (χ4n) is 2.89. The summed E-state index contributed by atoms with van der Waals surface area (Å²) >= 11 is 1.22. The number of thiazole rings is 1. The molecule has 4 aromatic rings. The topological polar surface area (TPSA) is 85.9 Å². The molecule has 32 heavy (non-hydrogen) atoms. The Morgan fingerprint density at radius 3 is 2.59 bits per heavy atom. The number of aryl methyl sites for hydroxylation is 2. The van der Waals surface area contributed by atoms with Gasteiger partial charge in [0, 0.05) is 17.0 Å². The molecule has 0 fully saturated rings. The number of rotatable bonds is 5. The van der Waals surface area contributed by atoms with Crippen molar-refractivity contribution in [3.63, 3.8) is 0 Å². The molecule has 2 heterocycles. The first-order valence-electron chi connectivity index (χ1n) is 9.38. The first-order valence-corrected chi connectivity index (χ1v) is 10.3. The molecule has 0 amide bonds. The highest BCUT2D eigenvalue weighted by Gasteiger charge is 2.12. The van der Waals surface area contributed by atoms with E-state index in [9.17, 15) is 18.9 Å². The van der Waals surface area contributed by atoms with Crippen molar-refractivity contribution in [1.82, 2.24) is 4.68 Å². The maximum absolute atomic E-state index is 14.2. The predicted molar refractivity (Wildman–Crippen MR) is 117 cm³/mol. The minimum Gasteiger partial charge on any atom is -0.400 e. The molecule has 0 bridgehead atoms. The number of aromatic nitrogens is 1. The molecule has 4 rings (SSSR count). The van der Waals surface area contributed by atoms with Gasteiger partial charge in [0.25, 0.3) is 0 Å². The Hall–Kier alpha value is -3.92. The monoisotopic (exact) mass is 454 g/mol. The molecule has 0 atom stereocenters. The average Bonchev–Trinajstić information content (AvgIpc) is 3.38. The zero-order valence-electron chi connectivity index (χ0n) is 17.0. The number of furan rings is 1. The van der Waals surface area contributed by atoms with Crippen molar-refractivity contribution in [1.29, 1.82) is 0 Å². The van der Waals surface area contributed by atoms with E-state index >= 15 is 0 Å². The summed E-state index contributed by atoms with van der Waals surface area (Å²) < 4.78 is 34.0. The zero-order chi connectivity index (χ0) is 22.8. The summed E-state index contributed by atoms with van der Waals surface area (Å²) in [6.45, 7) is 3.99. The molecule has 0 aliphatic heterocycles. The molecule has 0 aliphatic carbocycles. The van der Waals surface area contributed by atoms with Gasteiger partial charge in [-0.1, -0.05) is 12.1 Å². The van der Waals surface area contributed by atoms with Crippen molar-refractivity contribution in [3.05, 3.63) is 97.3 Å². The van der Waals surface area contributed by atoms with Crippen LogP contribution in [0.15, 0.2) is 68.4 Å². The van der Waals surface area contributed by atoms with Gasteiger partial charge in [0.15, 0.2) is 11.6 Å². The smallest absolute Gasteiger partial charge is 0.400 e. The summed E-state index contributed by atoms with van der Waals surface area (Å²) in [7, 11) is 0. The Morgan fingerprint density at radius 2 is 1.91 bits per heavy atom. The highest BCUT2D eigenvalue weighted by atomic mass is 32.1. The SMILES string of the molecule is Cc1ccc(-c2csc(=Nc3ccc(F)cc3F)n2N=Cc2ccc([N+](=O)[O-])o2)cc1C. The molecule has 0 radical (unpaired) electrons. The van der Waals surface area contributed by atoms with Gasteiger partial charge >= 0.3 is 5.88 Å². The Bertz CT molecular complexity index is 1420. The van der Waals surface area contributed by atoms with Gasteiger partial charge in [-0.05, 0) is 49.2 Å². The zero-order valence-corrected chi connectivity index (χ0v) is 17.8. The van der Waals surface area contributed by atoms with E-state index in [1.807, 2.05) is 37.4 Å². The number of halogens is 2. The molecule has 162 valence electrons. The van der Waals surface area contributed by atoms with E-state index in [0.717, 1.165) is 28.8 Å². The second-order valence-corrected chi connectivity index (χ2v) is 7.74. The molecule has 2 aromatic heterocycles. The standard InChI is InChI=1S/C22H16F2N4O3S/c1-13-3-4-15(9-14(13)2)20-12-32-22(26-19-7-5-16(23)10-18(19)24)27(20)25-11-17-6-8-21(31-17)28(29)30/h3-12H,1-2H3. The average molecular weight is 454 g/mol. The van der Waals surface area contributed by atoms with Gasteiger partial charge in [0.2, 0.25) is 4.80 Å². The molecule has 2 aromatic carbocycles. The summed E-state index contributed by atoms with van der Waals surface area (Å²) in [6, 6.07) is 11.7. The van der Waals surface area contributed by atoms with Crippen LogP contribution in [0.1, 0.15) is 16.9 Å². The minimum atomic E-state index is -0.802. The molecule has 0 spiro atoms. The van der Waals surface area contributed by atoms with Crippen LogP contribution in [0.2, 0.25) is 0 Å². The van der Waals surface area contributed by atoms with Gasteiger partial charge in [-0.15, -0.1) is 11.3 Å². The summed E-state index contributed by atoms with van der Waals surface area (Å²) in [4.78, 5) is 14.8. The van der Waals surface area contributed by atoms with E-state index in [1.165, 1.54) is 40.4 Å². The van der Waals surface area contributed by atoms with Crippen LogP contribution in [0.5, 0.6) is 0 Å². The molecular weight excluding hydrogens is 438 g/mol. The van der Waals surface area contributed by atoms with Crippen molar-refractivity contribution >= 4 is 29.1 Å². The van der Waals surface area contributed by atoms with E-state index in [2.05, 4.69) is 10.1 Å². The summed E-state index contributed by atoms with van der Waals surface area (Å²) in [5.74, 6) is -1.74. The molecule has 10 heteroatoms. The van der Waals surface area contributed by atoms with Gasteiger partial charge in [0.05, 0.1) is 18.0 Å². The highest BCUT2D eigenvalue weighted by molar-refractivity contribution is 7.07. The Balaban J connectivity index is 1.85. The van der Waals surface area contributed by atoms with E-state index in [4.69, 9.17) is 4.42 Å². The van der Waals surface area contributed by atoms with Gasteiger partial charge < -0.3 is 4.42 Å². The molecule has 0 unspecified atom stereocenters. The third-order valence-electron chi connectivity index (χ3n) is 4.71. The Labute approximate surface area is 184 Å². The maximum atomic E-state index is 14.2. The second kappa shape index (κ2) is 8.67. The van der Waals surface area contributed by atoms with Crippen LogP contribution in [-0.2, 0) is 0 Å². The lowest BCUT2D eigenvalue weighted by molar-refractivity contribution is -0.402. The van der Waals surface area contributed by atoms with Gasteiger partial charge in [-0.2, -0.15) is 5.10 Å². The summed E-state index contributed by atoms with van der Waals surface area (Å²) in [5.41, 5.74) is 3.69. The fraction of sp³-hybridized carbons (Fsp3) is 0.0909. The normalized spacial score (nSPS) is 12.1. The fourth-order valence-corrected chi connectivity index (χ4v) is 3.74. The van der Waals surface area contributed by atoms with Crippen LogP contribution in [0.25, 0.3) is 11.3 Å². The van der Waals surface area contributed by atoms with E-state index in [-0.39, 0.29) is 11.4 Å². The number of nitrogens with zero attached hydrogens (tertiary/aromatic N) is 4. The minimum absolute atomic E-state index is 0.0440. The van der Waals surface area contributed by atoms with Crippen molar-refractivity contribution in [2.24, 2.45) is 10.1 Å². The summed E-state index contributed by atoms with van der Waals surface area (Å²) in [5, 5.41) is 17.0. The quantitative estimate of drug-likeness (QED) is 0.219.